The van der Waals surface area contributed by atoms with Crippen molar-refractivity contribution in [3.05, 3.63) is 29.6 Å². The van der Waals surface area contributed by atoms with E-state index >= 15 is 0 Å². The molecule has 1 atom stereocenters. The highest BCUT2D eigenvalue weighted by Gasteiger charge is 2.31. The lowest BCUT2D eigenvalue weighted by Gasteiger charge is -2.31. The predicted molar refractivity (Wildman–Crippen MR) is 88.3 cm³/mol. The molecule has 118 valence electrons. The fourth-order valence-corrected chi connectivity index (χ4v) is 2.83. The first kappa shape index (κ1) is 16.3. The zero-order valence-electron chi connectivity index (χ0n) is 13.8. The Morgan fingerprint density at radius 2 is 2.00 bits per heavy atom. The molecule has 0 radical (unpaired) electrons. The molecule has 21 heavy (non-hydrogen) atoms. The van der Waals surface area contributed by atoms with Crippen molar-refractivity contribution in [2.45, 2.75) is 59.0 Å². The molecule has 0 aromatic heterocycles. The van der Waals surface area contributed by atoms with Crippen LogP contribution in [-0.2, 0) is 0 Å². The van der Waals surface area contributed by atoms with Crippen LogP contribution in [0.15, 0.2) is 18.2 Å². The Hall–Kier alpha value is -1.09. The third-order valence-electron chi connectivity index (χ3n) is 4.02. The molecule has 1 saturated carbocycles. The molecule has 1 aliphatic rings. The van der Waals surface area contributed by atoms with E-state index in [0.717, 1.165) is 25.1 Å². The van der Waals surface area contributed by atoms with Crippen molar-refractivity contribution in [1.29, 1.82) is 0 Å². The maximum Gasteiger partial charge on any atom is 0.123 e. The van der Waals surface area contributed by atoms with Gasteiger partial charge in [0.05, 0.1) is 0 Å². The highest BCUT2D eigenvalue weighted by molar-refractivity contribution is 5.57. The van der Waals surface area contributed by atoms with Gasteiger partial charge in [0.1, 0.15) is 5.82 Å². The normalized spacial score (nSPS) is 16.3. The van der Waals surface area contributed by atoms with Crippen LogP contribution in [0.3, 0.4) is 0 Å². The van der Waals surface area contributed by atoms with Gasteiger partial charge in [0, 0.05) is 24.3 Å². The number of hydrogen-bond acceptors (Lipinski definition) is 2. The molecule has 1 fully saturated rings. The Morgan fingerprint density at radius 3 is 2.57 bits per heavy atom. The third kappa shape index (κ3) is 4.44. The second-order valence-corrected chi connectivity index (χ2v) is 6.66. The van der Waals surface area contributed by atoms with Gasteiger partial charge >= 0.3 is 0 Å². The average molecular weight is 292 g/mol. The quantitative estimate of drug-likeness (QED) is 0.758. The zero-order chi connectivity index (χ0) is 15.4. The summed E-state index contributed by atoms with van der Waals surface area (Å²) in [5.41, 5.74) is 2.31. The van der Waals surface area contributed by atoms with Crippen LogP contribution in [0.2, 0.25) is 0 Å². The number of anilines is 1. The second-order valence-electron chi connectivity index (χ2n) is 6.66. The van der Waals surface area contributed by atoms with Crippen molar-refractivity contribution in [2.75, 3.05) is 18.0 Å². The summed E-state index contributed by atoms with van der Waals surface area (Å²) in [6, 6.07) is 6.11. The summed E-state index contributed by atoms with van der Waals surface area (Å²) >= 11 is 0. The molecule has 2 rings (SSSR count). The van der Waals surface area contributed by atoms with E-state index in [0.29, 0.717) is 12.0 Å². The molecule has 0 heterocycles. The van der Waals surface area contributed by atoms with Gasteiger partial charge in [0.25, 0.3) is 0 Å². The molecule has 0 amide bonds. The third-order valence-corrected chi connectivity index (χ3v) is 4.02. The first-order valence-electron chi connectivity index (χ1n) is 8.32. The van der Waals surface area contributed by atoms with Crippen molar-refractivity contribution in [1.82, 2.24) is 5.32 Å². The topological polar surface area (TPSA) is 15.3 Å². The number of hydrogen-bond donors (Lipinski definition) is 1. The summed E-state index contributed by atoms with van der Waals surface area (Å²) in [5.74, 6) is 0.474. The summed E-state index contributed by atoms with van der Waals surface area (Å²) in [4.78, 5) is 2.49. The summed E-state index contributed by atoms with van der Waals surface area (Å²) in [5, 5.41) is 3.49. The molecule has 1 aliphatic carbocycles. The van der Waals surface area contributed by atoms with Crippen LogP contribution >= 0.6 is 0 Å². The van der Waals surface area contributed by atoms with Crippen molar-refractivity contribution in [3.8, 4) is 0 Å². The molecule has 1 aromatic rings. The van der Waals surface area contributed by atoms with E-state index in [-0.39, 0.29) is 11.9 Å². The van der Waals surface area contributed by atoms with Crippen LogP contribution in [0.1, 0.15) is 58.6 Å². The number of rotatable bonds is 8. The molecule has 1 aromatic carbocycles. The van der Waals surface area contributed by atoms with Crippen LogP contribution < -0.4 is 10.2 Å². The molecule has 1 N–H and O–H groups in total. The van der Waals surface area contributed by atoms with Crippen molar-refractivity contribution >= 4 is 5.69 Å². The van der Waals surface area contributed by atoms with Gasteiger partial charge in [-0.05, 0) is 62.4 Å². The van der Waals surface area contributed by atoms with Gasteiger partial charge in [0.2, 0.25) is 0 Å². The van der Waals surface area contributed by atoms with E-state index in [2.05, 4.69) is 37.9 Å². The summed E-state index contributed by atoms with van der Waals surface area (Å²) < 4.78 is 13.7. The van der Waals surface area contributed by atoms with E-state index in [1.165, 1.54) is 18.5 Å². The van der Waals surface area contributed by atoms with Gasteiger partial charge in [-0.25, -0.2) is 4.39 Å². The molecular formula is C18H29FN2. The lowest BCUT2D eigenvalue weighted by atomic mass is 10.0. The van der Waals surface area contributed by atoms with Crippen LogP contribution in [0, 0.1) is 11.7 Å². The minimum absolute atomic E-state index is 0.140. The maximum absolute atomic E-state index is 13.7. The number of halogens is 1. The number of nitrogens with zero attached hydrogens (tertiary/aromatic N) is 1. The first-order chi connectivity index (χ1) is 10.0. The molecule has 1 unspecified atom stereocenters. The Labute approximate surface area is 128 Å². The molecule has 2 nitrogen and oxygen atoms in total. The predicted octanol–water partition coefficient (Wildman–Crippen LogP) is 4.51. The second kappa shape index (κ2) is 7.26. The lowest BCUT2D eigenvalue weighted by Crippen LogP contribution is -2.32. The molecule has 0 saturated heterocycles. The first-order valence-corrected chi connectivity index (χ1v) is 8.32. The van der Waals surface area contributed by atoms with Gasteiger partial charge in [-0.2, -0.15) is 0 Å². The van der Waals surface area contributed by atoms with Gasteiger partial charge in [-0.1, -0.05) is 20.8 Å². The van der Waals surface area contributed by atoms with Crippen LogP contribution in [0.4, 0.5) is 10.1 Å². The fraction of sp³-hybridized carbons (Fsp3) is 0.667. The highest BCUT2D eigenvalue weighted by atomic mass is 19.1. The Kier molecular flexibility index (Phi) is 5.63. The minimum atomic E-state index is -0.140. The standard InChI is InChI=1S/C18H29FN2/c1-5-10-20-14(4)17-11-15(19)6-9-18(17)21(12-13(2)3)16-7-8-16/h6,9,11,13-14,16,20H,5,7-8,10,12H2,1-4H3. The van der Waals surface area contributed by atoms with Gasteiger partial charge in [0.15, 0.2) is 0 Å². The van der Waals surface area contributed by atoms with Crippen molar-refractivity contribution < 1.29 is 4.39 Å². The highest BCUT2D eigenvalue weighted by Crippen LogP contribution is 2.36. The molecule has 0 bridgehead atoms. The summed E-state index contributed by atoms with van der Waals surface area (Å²) in [6.45, 7) is 10.8. The number of benzene rings is 1. The molecule has 0 spiro atoms. The van der Waals surface area contributed by atoms with E-state index in [1.807, 2.05) is 6.07 Å². The number of nitrogens with one attached hydrogen (secondary N) is 1. The lowest BCUT2D eigenvalue weighted by molar-refractivity contribution is 0.554. The van der Waals surface area contributed by atoms with Gasteiger partial charge in [-0.3, -0.25) is 0 Å². The van der Waals surface area contributed by atoms with E-state index in [9.17, 15) is 4.39 Å². The Morgan fingerprint density at radius 1 is 1.29 bits per heavy atom. The smallest absolute Gasteiger partial charge is 0.123 e. The van der Waals surface area contributed by atoms with E-state index < -0.39 is 0 Å². The summed E-state index contributed by atoms with van der Waals surface area (Å²) in [7, 11) is 0. The largest absolute Gasteiger partial charge is 0.368 e. The SMILES string of the molecule is CCCNC(C)c1cc(F)ccc1N(CC(C)C)C1CC1. The van der Waals surface area contributed by atoms with E-state index in [1.54, 1.807) is 12.1 Å². The summed E-state index contributed by atoms with van der Waals surface area (Å²) in [6.07, 6.45) is 3.62. The maximum atomic E-state index is 13.7. The van der Waals surface area contributed by atoms with Crippen LogP contribution in [0.25, 0.3) is 0 Å². The van der Waals surface area contributed by atoms with Crippen LogP contribution in [-0.4, -0.2) is 19.1 Å². The van der Waals surface area contributed by atoms with E-state index in [4.69, 9.17) is 0 Å². The zero-order valence-corrected chi connectivity index (χ0v) is 13.8. The van der Waals surface area contributed by atoms with Crippen molar-refractivity contribution in [2.24, 2.45) is 5.92 Å². The fourth-order valence-electron chi connectivity index (χ4n) is 2.83. The monoisotopic (exact) mass is 292 g/mol. The average Bonchev–Trinajstić information content (AvgIpc) is 3.26. The molecular weight excluding hydrogens is 263 g/mol. The molecule has 0 aliphatic heterocycles. The van der Waals surface area contributed by atoms with Gasteiger partial charge < -0.3 is 10.2 Å². The Balaban J connectivity index is 2.27. The minimum Gasteiger partial charge on any atom is -0.368 e. The Bertz CT molecular complexity index is 455. The van der Waals surface area contributed by atoms with Gasteiger partial charge in [-0.15, -0.1) is 0 Å². The van der Waals surface area contributed by atoms with Crippen molar-refractivity contribution in [3.63, 3.8) is 0 Å². The molecule has 3 heteroatoms. The van der Waals surface area contributed by atoms with Crippen LogP contribution in [0.5, 0.6) is 0 Å².